The van der Waals surface area contributed by atoms with Crippen LogP contribution in [0.1, 0.15) is 58.1 Å². The number of benzene rings is 2. The molecular weight excluding hydrogens is 404 g/mol. The molecule has 4 unspecified atom stereocenters. The van der Waals surface area contributed by atoms with Crippen LogP contribution in [0.15, 0.2) is 53.6 Å². The van der Waals surface area contributed by atoms with Gasteiger partial charge in [0, 0.05) is 16.9 Å². The van der Waals surface area contributed by atoms with Gasteiger partial charge in [-0.25, -0.2) is 0 Å². The van der Waals surface area contributed by atoms with Crippen LogP contribution in [-0.4, -0.2) is 11.6 Å². The molecule has 0 aromatic heterocycles. The van der Waals surface area contributed by atoms with Crippen LogP contribution in [-0.2, 0) is 16.0 Å². The highest BCUT2D eigenvalue weighted by Crippen LogP contribution is 2.72. The fourth-order valence-corrected chi connectivity index (χ4v) is 7.20. The van der Waals surface area contributed by atoms with Crippen molar-refractivity contribution in [3.05, 3.63) is 69.8 Å². The largest absolute Gasteiger partial charge is 0.298 e. The van der Waals surface area contributed by atoms with Crippen molar-refractivity contribution in [1.29, 1.82) is 0 Å². The van der Waals surface area contributed by atoms with Crippen LogP contribution < -0.4 is 0 Å². The second kappa shape index (κ2) is 6.65. The Morgan fingerprint density at radius 1 is 0.871 bits per heavy atom. The van der Waals surface area contributed by atoms with Crippen LogP contribution in [0.2, 0.25) is 5.02 Å². The number of aryl methyl sites for hydroxylation is 1. The first-order chi connectivity index (χ1) is 14.6. The van der Waals surface area contributed by atoms with Crippen LogP contribution >= 0.6 is 11.6 Å². The highest BCUT2D eigenvalue weighted by Gasteiger charge is 2.72. The number of hydrogen-bond acceptors (Lipinski definition) is 2. The van der Waals surface area contributed by atoms with E-state index in [1.54, 1.807) is 0 Å². The normalized spacial score (nSPS) is 34.1. The van der Waals surface area contributed by atoms with Gasteiger partial charge in [0.25, 0.3) is 0 Å². The van der Waals surface area contributed by atoms with E-state index in [4.69, 9.17) is 11.6 Å². The van der Waals surface area contributed by atoms with Crippen molar-refractivity contribution in [3.63, 3.8) is 0 Å². The second-order valence-corrected chi connectivity index (χ2v) is 10.7. The zero-order valence-electron chi connectivity index (χ0n) is 18.9. The van der Waals surface area contributed by atoms with Gasteiger partial charge in [0.15, 0.2) is 11.6 Å². The summed E-state index contributed by atoms with van der Waals surface area (Å²) in [5, 5.41) is 0.693. The van der Waals surface area contributed by atoms with E-state index in [9.17, 15) is 9.59 Å². The SMILES string of the molecule is CCc1ccc(-c2ccc(Cl)cc2)cc1C1C(=O)C2C(C1=O)C1(C)CC2(C)C(C)=C1C. The molecule has 3 heteroatoms. The van der Waals surface area contributed by atoms with Crippen molar-refractivity contribution in [1.82, 2.24) is 0 Å². The number of rotatable bonds is 3. The number of Topliss-reactive ketones (excluding diaryl/α,β-unsaturated/α-hetero) is 2. The quantitative estimate of drug-likeness (QED) is 0.394. The summed E-state index contributed by atoms with van der Waals surface area (Å²) in [5.41, 5.74) is 6.32. The summed E-state index contributed by atoms with van der Waals surface area (Å²) >= 11 is 6.06. The van der Waals surface area contributed by atoms with E-state index in [0.29, 0.717) is 5.02 Å². The predicted molar refractivity (Wildman–Crippen MR) is 125 cm³/mol. The molecule has 0 spiro atoms. The van der Waals surface area contributed by atoms with Crippen molar-refractivity contribution >= 4 is 23.2 Å². The van der Waals surface area contributed by atoms with Crippen LogP contribution in [0.4, 0.5) is 0 Å². The third kappa shape index (κ3) is 2.58. The lowest BCUT2D eigenvalue weighted by atomic mass is 9.66. The van der Waals surface area contributed by atoms with Crippen molar-refractivity contribution in [2.75, 3.05) is 0 Å². The summed E-state index contributed by atoms with van der Waals surface area (Å²) in [5.74, 6) is -0.757. The molecule has 31 heavy (non-hydrogen) atoms. The molecule has 2 saturated carbocycles. The molecule has 2 nitrogen and oxygen atoms in total. The molecule has 0 amide bonds. The maximum atomic E-state index is 13.9. The number of ketones is 2. The number of allylic oxidation sites excluding steroid dienone is 2. The van der Waals surface area contributed by atoms with Gasteiger partial charge in [-0.05, 0) is 78.0 Å². The highest BCUT2D eigenvalue weighted by atomic mass is 35.5. The molecule has 0 aliphatic heterocycles. The van der Waals surface area contributed by atoms with Crippen LogP contribution in [0.5, 0.6) is 0 Å². The van der Waals surface area contributed by atoms with E-state index >= 15 is 0 Å². The van der Waals surface area contributed by atoms with Gasteiger partial charge < -0.3 is 0 Å². The number of carbonyl (C=O) groups is 2. The van der Waals surface area contributed by atoms with Crippen LogP contribution in [0.25, 0.3) is 11.1 Å². The lowest BCUT2D eigenvalue weighted by molar-refractivity contribution is -0.126. The van der Waals surface area contributed by atoms with Gasteiger partial charge in [0.2, 0.25) is 0 Å². The number of carbonyl (C=O) groups excluding carboxylic acids is 2. The Hall–Kier alpha value is -2.19. The minimum Gasteiger partial charge on any atom is -0.298 e. The minimum absolute atomic E-state index is 0.135. The van der Waals surface area contributed by atoms with E-state index in [1.165, 1.54) is 11.1 Å². The summed E-state index contributed by atoms with van der Waals surface area (Å²) in [7, 11) is 0. The summed E-state index contributed by atoms with van der Waals surface area (Å²) in [6.45, 7) is 10.8. The van der Waals surface area contributed by atoms with Crippen LogP contribution in [0, 0.1) is 22.7 Å². The maximum absolute atomic E-state index is 13.9. The lowest BCUT2D eigenvalue weighted by Crippen LogP contribution is -2.35. The molecule has 2 aromatic rings. The predicted octanol–water partition coefficient (Wildman–Crippen LogP) is 6.80. The maximum Gasteiger partial charge on any atom is 0.152 e. The van der Waals surface area contributed by atoms with Gasteiger partial charge in [0.1, 0.15) is 5.92 Å². The van der Waals surface area contributed by atoms with Crippen molar-refractivity contribution < 1.29 is 9.59 Å². The molecule has 0 N–H and O–H groups in total. The van der Waals surface area contributed by atoms with E-state index in [1.807, 2.05) is 24.3 Å². The molecule has 2 fully saturated rings. The van der Waals surface area contributed by atoms with Gasteiger partial charge in [-0.2, -0.15) is 0 Å². The molecular formula is C28H29ClO2. The summed E-state index contributed by atoms with van der Waals surface area (Å²) in [6, 6.07) is 14.0. The topological polar surface area (TPSA) is 34.1 Å². The molecule has 0 saturated heterocycles. The van der Waals surface area contributed by atoms with Gasteiger partial charge in [0.05, 0.1) is 0 Å². The molecule has 2 aromatic carbocycles. The Bertz CT molecular complexity index is 1120. The van der Waals surface area contributed by atoms with Gasteiger partial charge in [-0.15, -0.1) is 0 Å². The first-order valence-electron chi connectivity index (χ1n) is 11.3. The smallest absolute Gasteiger partial charge is 0.152 e. The van der Waals surface area contributed by atoms with Crippen molar-refractivity contribution in [3.8, 4) is 11.1 Å². The zero-order valence-corrected chi connectivity index (χ0v) is 19.6. The van der Waals surface area contributed by atoms with E-state index in [2.05, 4.69) is 52.8 Å². The zero-order chi connectivity index (χ0) is 22.3. The number of halogens is 1. The fourth-order valence-electron chi connectivity index (χ4n) is 7.08. The average molecular weight is 433 g/mol. The molecule has 0 heterocycles. The van der Waals surface area contributed by atoms with Gasteiger partial charge >= 0.3 is 0 Å². The van der Waals surface area contributed by atoms with E-state index in [0.717, 1.165) is 35.1 Å². The molecule has 160 valence electrons. The first-order valence-corrected chi connectivity index (χ1v) is 11.7. The monoisotopic (exact) mass is 432 g/mol. The Morgan fingerprint density at radius 3 is 1.90 bits per heavy atom. The highest BCUT2D eigenvalue weighted by molar-refractivity contribution is 6.30. The fraction of sp³-hybridized carbons (Fsp3) is 0.429. The Labute approximate surface area is 189 Å². The van der Waals surface area contributed by atoms with Gasteiger partial charge in [-0.3, -0.25) is 9.59 Å². The molecule has 2 bridgehead atoms. The van der Waals surface area contributed by atoms with Crippen molar-refractivity contribution in [2.45, 2.75) is 53.4 Å². The molecule has 4 atom stereocenters. The summed E-state index contributed by atoms with van der Waals surface area (Å²) in [6.07, 6.45) is 1.72. The molecule has 5 rings (SSSR count). The Balaban J connectivity index is 1.62. The Morgan fingerprint density at radius 2 is 1.39 bits per heavy atom. The van der Waals surface area contributed by atoms with Crippen molar-refractivity contribution in [2.24, 2.45) is 22.7 Å². The summed E-state index contributed by atoms with van der Waals surface area (Å²) in [4.78, 5) is 27.8. The average Bonchev–Trinajstić information content (AvgIpc) is 3.24. The molecule has 3 aliphatic rings. The minimum atomic E-state index is -0.644. The third-order valence-electron chi connectivity index (χ3n) is 8.91. The van der Waals surface area contributed by atoms with Gasteiger partial charge in [-0.1, -0.05) is 67.8 Å². The number of fused-ring (bicyclic) bond motifs is 5. The lowest BCUT2D eigenvalue weighted by Gasteiger charge is -2.35. The standard InChI is InChI=1S/C28H29ClO2/c1-6-17-7-8-19(18-9-11-20(29)12-10-18)13-21(17)22-25(30)23-24(26(22)31)28(5)14-27(23,4)15(2)16(28)3/h7-13,22-24H,6,14H2,1-5H3. The first kappa shape index (κ1) is 20.7. The van der Waals surface area contributed by atoms with Crippen LogP contribution in [0.3, 0.4) is 0 Å². The number of hydrogen-bond donors (Lipinski definition) is 0. The third-order valence-corrected chi connectivity index (χ3v) is 9.17. The van der Waals surface area contributed by atoms with E-state index < -0.39 is 5.92 Å². The van der Waals surface area contributed by atoms with E-state index in [-0.39, 0.29) is 34.2 Å². The summed E-state index contributed by atoms with van der Waals surface area (Å²) < 4.78 is 0. The molecule has 3 aliphatic carbocycles. The molecule has 0 radical (unpaired) electrons. The Kier molecular flexibility index (Phi) is 4.44. The second-order valence-electron chi connectivity index (χ2n) is 10.2.